The van der Waals surface area contributed by atoms with E-state index in [0.717, 1.165) is 0 Å². The minimum absolute atomic E-state index is 0.145. The molecule has 1 aliphatic heterocycles. The molecule has 1 N–H and O–H groups in total. The van der Waals surface area contributed by atoms with Gasteiger partial charge in [0, 0.05) is 11.0 Å². The smallest absolute Gasteiger partial charge is 0.299 e. The van der Waals surface area contributed by atoms with Crippen molar-refractivity contribution in [3.05, 3.63) is 28.2 Å². The van der Waals surface area contributed by atoms with Gasteiger partial charge in [-0.05, 0) is 35.0 Å². The molecule has 0 saturated heterocycles. The van der Waals surface area contributed by atoms with E-state index in [1.165, 1.54) is 4.90 Å². The number of carbonyl (C=O) groups is 3. The van der Waals surface area contributed by atoms with Gasteiger partial charge in [0.1, 0.15) is 6.54 Å². The topological polar surface area (TPSA) is 66.5 Å². The van der Waals surface area contributed by atoms with E-state index in [2.05, 4.69) is 21.2 Å². The van der Waals surface area contributed by atoms with E-state index in [-0.39, 0.29) is 12.5 Å². The average Bonchev–Trinajstić information content (AvgIpc) is 2.56. The van der Waals surface area contributed by atoms with Gasteiger partial charge < -0.3 is 5.32 Å². The SMILES string of the molecule is CCNC(=O)CN1C(=O)C(=O)c2cccc(Br)c21. The first-order valence-corrected chi connectivity index (χ1v) is 6.27. The Morgan fingerprint density at radius 1 is 1.39 bits per heavy atom. The summed E-state index contributed by atoms with van der Waals surface area (Å²) in [4.78, 5) is 36.3. The lowest BCUT2D eigenvalue weighted by Crippen LogP contribution is -2.40. The Morgan fingerprint density at radius 2 is 2.11 bits per heavy atom. The fraction of sp³-hybridized carbons (Fsp3) is 0.250. The normalized spacial score (nSPS) is 13.8. The summed E-state index contributed by atoms with van der Waals surface area (Å²) in [5.74, 6) is -1.53. The third kappa shape index (κ3) is 2.03. The van der Waals surface area contributed by atoms with Gasteiger partial charge in [0.05, 0.1) is 11.3 Å². The quantitative estimate of drug-likeness (QED) is 0.851. The molecule has 0 unspecified atom stereocenters. The van der Waals surface area contributed by atoms with Crippen LogP contribution in [0.15, 0.2) is 22.7 Å². The first-order chi connectivity index (χ1) is 8.56. The highest BCUT2D eigenvalue weighted by atomic mass is 79.9. The first kappa shape index (κ1) is 12.8. The number of carbonyl (C=O) groups excluding carboxylic acids is 3. The van der Waals surface area contributed by atoms with Gasteiger partial charge >= 0.3 is 0 Å². The van der Waals surface area contributed by atoms with Gasteiger partial charge in [-0.3, -0.25) is 19.3 Å². The fourth-order valence-electron chi connectivity index (χ4n) is 1.86. The Balaban J connectivity index is 2.36. The Labute approximate surface area is 112 Å². The fourth-order valence-corrected chi connectivity index (χ4v) is 2.44. The van der Waals surface area contributed by atoms with Crippen LogP contribution >= 0.6 is 15.9 Å². The Morgan fingerprint density at radius 3 is 2.78 bits per heavy atom. The van der Waals surface area contributed by atoms with E-state index in [1.807, 2.05) is 0 Å². The second kappa shape index (κ2) is 4.89. The number of halogens is 1. The summed E-state index contributed by atoms with van der Waals surface area (Å²) >= 11 is 3.29. The molecule has 0 atom stereocenters. The van der Waals surface area contributed by atoms with Crippen molar-refractivity contribution in [3.8, 4) is 0 Å². The number of benzene rings is 1. The summed E-state index contributed by atoms with van der Waals surface area (Å²) in [6, 6.07) is 5.00. The van der Waals surface area contributed by atoms with Crippen LogP contribution in [-0.2, 0) is 9.59 Å². The van der Waals surface area contributed by atoms with Crippen molar-refractivity contribution in [3.63, 3.8) is 0 Å². The maximum atomic E-state index is 11.8. The lowest BCUT2D eigenvalue weighted by Gasteiger charge is -2.16. The van der Waals surface area contributed by atoms with E-state index >= 15 is 0 Å². The number of hydrogen-bond donors (Lipinski definition) is 1. The summed E-state index contributed by atoms with van der Waals surface area (Å²) in [6.07, 6.45) is 0. The predicted molar refractivity (Wildman–Crippen MR) is 69.5 cm³/mol. The number of likely N-dealkylation sites (N-methyl/N-ethyl adjacent to an activating group) is 1. The molecule has 0 saturated carbocycles. The number of nitrogens with zero attached hydrogens (tertiary/aromatic N) is 1. The summed E-state index contributed by atoms with van der Waals surface area (Å²) in [5, 5.41) is 2.60. The predicted octanol–water partition coefficient (Wildman–Crippen LogP) is 1.11. The van der Waals surface area contributed by atoms with Crippen LogP contribution in [0, 0.1) is 0 Å². The summed E-state index contributed by atoms with van der Waals surface area (Å²) in [5.41, 5.74) is 0.803. The Hall–Kier alpha value is -1.69. The summed E-state index contributed by atoms with van der Waals surface area (Å²) < 4.78 is 0.628. The number of anilines is 1. The van der Waals surface area contributed by atoms with Crippen molar-refractivity contribution in [2.24, 2.45) is 0 Å². The molecule has 0 aliphatic carbocycles. The van der Waals surface area contributed by atoms with E-state index in [9.17, 15) is 14.4 Å². The van der Waals surface area contributed by atoms with Gasteiger partial charge in [0.2, 0.25) is 5.91 Å². The monoisotopic (exact) mass is 310 g/mol. The van der Waals surface area contributed by atoms with Crippen LogP contribution in [0.2, 0.25) is 0 Å². The summed E-state index contributed by atoms with van der Waals surface area (Å²) in [6.45, 7) is 2.13. The van der Waals surface area contributed by atoms with Crippen LogP contribution in [0.25, 0.3) is 0 Å². The maximum Gasteiger partial charge on any atom is 0.299 e. The van der Waals surface area contributed by atoms with Crippen LogP contribution < -0.4 is 10.2 Å². The molecule has 18 heavy (non-hydrogen) atoms. The molecule has 1 aromatic carbocycles. The number of rotatable bonds is 3. The molecule has 2 rings (SSSR count). The second-order valence-electron chi connectivity index (χ2n) is 3.81. The highest BCUT2D eigenvalue weighted by Crippen LogP contribution is 2.35. The zero-order valence-electron chi connectivity index (χ0n) is 9.70. The molecule has 1 aliphatic rings. The lowest BCUT2D eigenvalue weighted by molar-refractivity contribution is -0.122. The molecule has 0 radical (unpaired) electrons. The van der Waals surface area contributed by atoms with Crippen molar-refractivity contribution in [1.82, 2.24) is 5.32 Å². The molecule has 1 heterocycles. The van der Waals surface area contributed by atoms with Gasteiger partial charge in [0.15, 0.2) is 0 Å². The third-order valence-corrected chi connectivity index (χ3v) is 3.26. The van der Waals surface area contributed by atoms with Crippen LogP contribution in [-0.4, -0.2) is 30.7 Å². The van der Waals surface area contributed by atoms with Crippen LogP contribution in [0.3, 0.4) is 0 Å². The third-order valence-electron chi connectivity index (χ3n) is 2.62. The van der Waals surface area contributed by atoms with Crippen molar-refractivity contribution in [2.45, 2.75) is 6.92 Å². The number of Topliss-reactive ketones (excluding diaryl/α,β-unsaturated/α-hetero) is 1. The van der Waals surface area contributed by atoms with E-state index in [1.54, 1.807) is 25.1 Å². The van der Waals surface area contributed by atoms with E-state index < -0.39 is 11.7 Å². The minimum atomic E-state index is -0.664. The molecule has 0 spiro atoms. The first-order valence-electron chi connectivity index (χ1n) is 5.47. The molecular formula is C12H11BrN2O3. The molecule has 0 aromatic heterocycles. The number of ketones is 1. The van der Waals surface area contributed by atoms with Gasteiger partial charge in [-0.2, -0.15) is 0 Å². The molecule has 2 amide bonds. The average molecular weight is 311 g/mol. The summed E-state index contributed by atoms with van der Waals surface area (Å²) in [7, 11) is 0. The van der Waals surface area contributed by atoms with Gasteiger partial charge in [-0.15, -0.1) is 0 Å². The molecule has 0 fully saturated rings. The van der Waals surface area contributed by atoms with Gasteiger partial charge in [0.25, 0.3) is 11.7 Å². The molecule has 94 valence electrons. The van der Waals surface area contributed by atoms with Gasteiger partial charge in [-0.25, -0.2) is 0 Å². The highest BCUT2D eigenvalue weighted by Gasteiger charge is 2.37. The molecular weight excluding hydrogens is 300 g/mol. The molecule has 6 heteroatoms. The van der Waals surface area contributed by atoms with Crippen LogP contribution in [0.1, 0.15) is 17.3 Å². The van der Waals surface area contributed by atoms with Crippen LogP contribution in [0.5, 0.6) is 0 Å². The number of amides is 2. The van der Waals surface area contributed by atoms with Crippen molar-refractivity contribution < 1.29 is 14.4 Å². The number of nitrogens with one attached hydrogen (secondary N) is 1. The number of para-hydroxylation sites is 1. The van der Waals surface area contributed by atoms with E-state index in [0.29, 0.717) is 22.3 Å². The zero-order chi connectivity index (χ0) is 13.3. The number of hydrogen-bond acceptors (Lipinski definition) is 3. The van der Waals surface area contributed by atoms with Crippen LogP contribution in [0.4, 0.5) is 5.69 Å². The van der Waals surface area contributed by atoms with Crippen molar-refractivity contribution in [1.29, 1.82) is 0 Å². The van der Waals surface area contributed by atoms with E-state index in [4.69, 9.17) is 0 Å². The molecule has 0 bridgehead atoms. The second-order valence-corrected chi connectivity index (χ2v) is 4.66. The highest BCUT2D eigenvalue weighted by molar-refractivity contribution is 9.10. The maximum absolute atomic E-state index is 11.8. The van der Waals surface area contributed by atoms with Crippen molar-refractivity contribution in [2.75, 3.05) is 18.0 Å². The number of fused-ring (bicyclic) bond motifs is 1. The Bertz CT molecular complexity index is 542. The largest absolute Gasteiger partial charge is 0.355 e. The van der Waals surface area contributed by atoms with Gasteiger partial charge in [-0.1, -0.05) is 6.07 Å². The van der Waals surface area contributed by atoms with Crippen molar-refractivity contribution >= 4 is 39.2 Å². The lowest BCUT2D eigenvalue weighted by atomic mass is 10.1. The molecule has 1 aromatic rings. The Kier molecular flexibility index (Phi) is 3.47. The minimum Gasteiger partial charge on any atom is -0.355 e. The zero-order valence-corrected chi connectivity index (χ0v) is 11.3. The molecule has 5 nitrogen and oxygen atoms in total. The standard InChI is InChI=1S/C12H11BrN2O3/c1-2-14-9(16)6-15-10-7(11(17)12(15)18)4-3-5-8(10)13/h3-5H,2,6H2,1H3,(H,14,16).